The molecule has 0 bridgehead atoms. The second kappa shape index (κ2) is 4.30. The number of carbonyl (C=O) groups excluding carboxylic acids is 1. The largest absolute Gasteiger partial charge is 0.460 e. The highest BCUT2D eigenvalue weighted by Crippen LogP contribution is 2.23. The Hall–Kier alpha value is -0.570. The predicted octanol–water partition coefficient (Wildman–Crippen LogP) is 1.85. The fourth-order valence-corrected chi connectivity index (χ4v) is 1.59. The summed E-state index contributed by atoms with van der Waals surface area (Å²) < 4.78 is 5.40. The molecule has 2 N–H and O–H groups in total. The van der Waals surface area contributed by atoms with Crippen LogP contribution in [0.25, 0.3) is 0 Å². The van der Waals surface area contributed by atoms with Gasteiger partial charge in [0, 0.05) is 6.04 Å². The molecule has 1 aliphatic rings. The third-order valence-electron chi connectivity index (χ3n) is 2.62. The normalized spacial score (nSPS) is 28.6. The van der Waals surface area contributed by atoms with Crippen LogP contribution in [0.4, 0.5) is 0 Å². The summed E-state index contributed by atoms with van der Waals surface area (Å²) in [5.74, 6) is -0.139. The topological polar surface area (TPSA) is 52.3 Å². The van der Waals surface area contributed by atoms with Crippen molar-refractivity contribution in [3.8, 4) is 0 Å². The molecule has 0 radical (unpaired) electrons. The molecular weight excluding hydrogens is 178 g/mol. The summed E-state index contributed by atoms with van der Waals surface area (Å²) in [6, 6.07) is 0.0371. The van der Waals surface area contributed by atoms with Gasteiger partial charge in [-0.3, -0.25) is 4.79 Å². The Morgan fingerprint density at radius 1 is 1.29 bits per heavy atom. The van der Waals surface area contributed by atoms with E-state index in [9.17, 15) is 4.79 Å². The van der Waals surface area contributed by atoms with Gasteiger partial charge in [0.25, 0.3) is 0 Å². The van der Waals surface area contributed by atoms with Gasteiger partial charge in [-0.05, 0) is 40.0 Å². The van der Waals surface area contributed by atoms with E-state index in [-0.39, 0.29) is 18.1 Å². The minimum Gasteiger partial charge on any atom is -0.460 e. The van der Waals surface area contributed by atoms with Crippen LogP contribution in [-0.4, -0.2) is 18.1 Å². The third kappa shape index (κ3) is 2.98. The highest BCUT2D eigenvalue weighted by Gasteiger charge is 2.30. The van der Waals surface area contributed by atoms with E-state index in [0.717, 1.165) is 25.7 Å². The summed E-state index contributed by atoms with van der Waals surface area (Å²) in [5.41, 5.74) is 5.47. The molecule has 2 unspecified atom stereocenters. The van der Waals surface area contributed by atoms with E-state index in [1.54, 1.807) is 0 Å². The molecule has 0 aliphatic heterocycles. The van der Waals surface area contributed by atoms with Gasteiger partial charge < -0.3 is 10.5 Å². The smallest absolute Gasteiger partial charge is 0.311 e. The number of nitrogens with two attached hydrogens (primary N) is 1. The van der Waals surface area contributed by atoms with Crippen molar-refractivity contribution in [2.45, 2.75) is 58.6 Å². The van der Waals surface area contributed by atoms with Crippen LogP contribution in [0.1, 0.15) is 46.5 Å². The van der Waals surface area contributed by atoms with Crippen LogP contribution in [0.2, 0.25) is 0 Å². The number of hydrogen-bond acceptors (Lipinski definition) is 3. The van der Waals surface area contributed by atoms with Crippen LogP contribution in [-0.2, 0) is 9.53 Å². The summed E-state index contributed by atoms with van der Waals surface area (Å²) in [6.45, 7) is 5.59. The average molecular weight is 199 g/mol. The molecule has 1 rings (SSSR count). The van der Waals surface area contributed by atoms with Crippen molar-refractivity contribution in [3.05, 3.63) is 0 Å². The Labute approximate surface area is 86.0 Å². The molecule has 0 aromatic rings. The molecule has 1 aliphatic carbocycles. The van der Waals surface area contributed by atoms with Crippen LogP contribution >= 0.6 is 0 Å². The fourth-order valence-electron chi connectivity index (χ4n) is 1.59. The molecule has 0 aromatic heterocycles. The SMILES string of the molecule is CC(C)(C)C(=O)OC1CCCCC1N. The van der Waals surface area contributed by atoms with Crippen LogP contribution in [0.15, 0.2) is 0 Å². The summed E-state index contributed by atoms with van der Waals surface area (Å²) in [6.07, 6.45) is 4.11. The molecule has 2 atom stereocenters. The molecule has 82 valence electrons. The van der Waals surface area contributed by atoms with E-state index >= 15 is 0 Å². The maximum atomic E-state index is 11.6. The van der Waals surface area contributed by atoms with Gasteiger partial charge in [-0.15, -0.1) is 0 Å². The quantitative estimate of drug-likeness (QED) is 0.656. The highest BCUT2D eigenvalue weighted by molar-refractivity contribution is 5.75. The lowest BCUT2D eigenvalue weighted by Crippen LogP contribution is -2.42. The van der Waals surface area contributed by atoms with Crippen LogP contribution in [0.3, 0.4) is 0 Å². The molecule has 1 fully saturated rings. The van der Waals surface area contributed by atoms with Gasteiger partial charge >= 0.3 is 5.97 Å². The maximum absolute atomic E-state index is 11.6. The van der Waals surface area contributed by atoms with Crippen molar-refractivity contribution < 1.29 is 9.53 Å². The zero-order valence-electron chi connectivity index (χ0n) is 9.38. The number of ether oxygens (including phenoxy) is 1. The first-order valence-corrected chi connectivity index (χ1v) is 5.38. The van der Waals surface area contributed by atoms with Gasteiger partial charge in [0.15, 0.2) is 0 Å². The van der Waals surface area contributed by atoms with E-state index < -0.39 is 5.41 Å². The fraction of sp³-hybridized carbons (Fsp3) is 0.909. The van der Waals surface area contributed by atoms with Gasteiger partial charge in [0.05, 0.1) is 5.41 Å². The number of hydrogen-bond donors (Lipinski definition) is 1. The van der Waals surface area contributed by atoms with Crippen molar-refractivity contribution in [3.63, 3.8) is 0 Å². The number of carbonyl (C=O) groups is 1. The first-order valence-electron chi connectivity index (χ1n) is 5.38. The zero-order chi connectivity index (χ0) is 10.8. The molecule has 3 nitrogen and oxygen atoms in total. The maximum Gasteiger partial charge on any atom is 0.311 e. The third-order valence-corrected chi connectivity index (χ3v) is 2.62. The molecule has 0 heterocycles. The van der Waals surface area contributed by atoms with Crippen molar-refractivity contribution in [1.29, 1.82) is 0 Å². The zero-order valence-corrected chi connectivity index (χ0v) is 9.38. The lowest BCUT2D eigenvalue weighted by atomic mass is 9.92. The molecule has 0 aromatic carbocycles. The standard InChI is InChI=1S/C11H21NO2/c1-11(2,3)10(13)14-9-7-5-4-6-8(9)12/h8-9H,4-7,12H2,1-3H3. The second-order valence-corrected chi connectivity index (χ2v) is 5.14. The highest BCUT2D eigenvalue weighted by atomic mass is 16.5. The summed E-state index contributed by atoms with van der Waals surface area (Å²) in [4.78, 5) is 11.6. The van der Waals surface area contributed by atoms with E-state index in [0.29, 0.717) is 0 Å². The molecule has 0 saturated heterocycles. The summed E-state index contributed by atoms with van der Waals surface area (Å²) in [5, 5.41) is 0. The van der Waals surface area contributed by atoms with Crippen molar-refractivity contribution in [1.82, 2.24) is 0 Å². The second-order valence-electron chi connectivity index (χ2n) is 5.14. The van der Waals surface area contributed by atoms with Gasteiger partial charge in [-0.1, -0.05) is 6.42 Å². The summed E-state index contributed by atoms with van der Waals surface area (Å²) >= 11 is 0. The van der Waals surface area contributed by atoms with Crippen LogP contribution in [0.5, 0.6) is 0 Å². The van der Waals surface area contributed by atoms with E-state index in [1.165, 1.54) is 0 Å². The van der Waals surface area contributed by atoms with Crippen LogP contribution < -0.4 is 5.73 Å². The molecular formula is C11H21NO2. The monoisotopic (exact) mass is 199 g/mol. The lowest BCUT2D eigenvalue weighted by Gasteiger charge is -2.30. The number of esters is 1. The Morgan fingerprint density at radius 2 is 1.86 bits per heavy atom. The van der Waals surface area contributed by atoms with Gasteiger partial charge in [0.2, 0.25) is 0 Å². The molecule has 3 heteroatoms. The predicted molar refractivity (Wildman–Crippen MR) is 55.8 cm³/mol. The van der Waals surface area contributed by atoms with Gasteiger partial charge in [-0.2, -0.15) is 0 Å². The molecule has 0 amide bonds. The lowest BCUT2D eigenvalue weighted by molar-refractivity contribution is -0.161. The summed E-state index contributed by atoms with van der Waals surface area (Å²) in [7, 11) is 0. The first kappa shape index (κ1) is 11.5. The van der Waals surface area contributed by atoms with Crippen molar-refractivity contribution in [2.75, 3.05) is 0 Å². The Kier molecular flexibility index (Phi) is 3.53. The Morgan fingerprint density at radius 3 is 2.36 bits per heavy atom. The minimum atomic E-state index is -0.419. The van der Waals surface area contributed by atoms with Crippen molar-refractivity contribution in [2.24, 2.45) is 11.1 Å². The Bertz CT molecular complexity index is 208. The first-order chi connectivity index (χ1) is 6.41. The minimum absolute atomic E-state index is 0.0371. The average Bonchev–Trinajstić information content (AvgIpc) is 2.07. The molecule has 1 saturated carbocycles. The van der Waals surface area contributed by atoms with E-state index in [4.69, 9.17) is 10.5 Å². The van der Waals surface area contributed by atoms with Gasteiger partial charge in [0.1, 0.15) is 6.10 Å². The molecule has 0 spiro atoms. The Balaban J connectivity index is 2.46. The van der Waals surface area contributed by atoms with Crippen molar-refractivity contribution >= 4 is 5.97 Å². The molecule has 14 heavy (non-hydrogen) atoms. The van der Waals surface area contributed by atoms with Gasteiger partial charge in [-0.25, -0.2) is 0 Å². The van der Waals surface area contributed by atoms with E-state index in [1.807, 2.05) is 20.8 Å². The van der Waals surface area contributed by atoms with E-state index in [2.05, 4.69) is 0 Å². The number of rotatable bonds is 1. The van der Waals surface area contributed by atoms with Crippen LogP contribution in [0, 0.1) is 5.41 Å².